The number of anilines is 1. The average Bonchev–Trinajstić information content (AvgIpc) is 2.53. The molecular formula is C18H19N3. The van der Waals surface area contributed by atoms with Crippen molar-refractivity contribution in [1.29, 1.82) is 0 Å². The van der Waals surface area contributed by atoms with Crippen LogP contribution in [0, 0.1) is 0 Å². The van der Waals surface area contributed by atoms with Gasteiger partial charge in [0.25, 0.3) is 0 Å². The highest BCUT2D eigenvalue weighted by Gasteiger charge is 2.12. The van der Waals surface area contributed by atoms with Crippen molar-refractivity contribution in [2.75, 3.05) is 19.0 Å². The molecule has 3 rings (SSSR count). The zero-order chi connectivity index (χ0) is 14.8. The smallest absolute Gasteiger partial charge is 0.0558 e. The van der Waals surface area contributed by atoms with Crippen LogP contribution in [0.25, 0.3) is 10.8 Å². The predicted octanol–water partition coefficient (Wildman–Crippen LogP) is 3.35. The van der Waals surface area contributed by atoms with Crippen molar-refractivity contribution < 1.29 is 0 Å². The zero-order valence-electron chi connectivity index (χ0n) is 12.3. The fraction of sp³-hybridized carbons (Fsp3) is 0.167. The SMILES string of the molecule is CN(C)c1ccc(C(N)c2cccc3ccncc23)cc1. The maximum absolute atomic E-state index is 6.47. The highest BCUT2D eigenvalue weighted by molar-refractivity contribution is 5.85. The van der Waals surface area contributed by atoms with Gasteiger partial charge < -0.3 is 10.6 Å². The predicted molar refractivity (Wildman–Crippen MR) is 88.5 cm³/mol. The third kappa shape index (κ3) is 2.60. The molecule has 0 saturated heterocycles. The van der Waals surface area contributed by atoms with Gasteiger partial charge in [-0.05, 0) is 34.7 Å². The van der Waals surface area contributed by atoms with E-state index in [9.17, 15) is 0 Å². The molecule has 3 heteroatoms. The summed E-state index contributed by atoms with van der Waals surface area (Å²) in [7, 11) is 4.07. The number of rotatable bonds is 3. The van der Waals surface area contributed by atoms with E-state index in [0.29, 0.717) is 0 Å². The molecule has 1 aromatic heterocycles. The van der Waals surface area contributed by atoms with E-state index in [1.54, 1.807) is 0 Å². The Morgan fingerprint density at radius 3 is 2.48 bits per heavy atom. The van der Waals surface area contributed by atoms with Gasteiger partial charge in [-0.2, -0.15) is 0 Å². The molecule has 0 radical (unpaired) electrons. The summed E-state index contributed by atoms with van der Waals surface area (Å²) in [5, 5.41) is 2.28. The second-order valence-electron chi connectivity index (χ2n) is 5.41. The van der Waals surface area contributed by atoms with Crippen LogP contribution in [0.3, 0.4) is 0 Å². The molecule has 1 heterocycles. The minimum atomic E-state index is -0.144. The monoisotopic (exact) mass is 277 g/mol. The van der Waals surface area contributed by atoms with E-state index in [2.05, 4.69) is 46.3 Å². The Bertz CT molecular complexity index is 743. The van der Waals surface area contributed by atoms with Gasteiger partial charge in [0.05, 0.1) is 6.04 Å². The second-order valence-corrected chi connectivity index (χ2v) is 5.41. The van der Waals surface area contributed by atoms with Gasteiger partial charge >= 0.3 is 0 Å². The topological polar surface area (TPSA) is 42.1 Å². The number of aromatic nitrogens is 1. The Morgan fingerprint density at radius 1 is 1.00 bits per heavy atom. The fourth-order valence-corrected chi connectivity index (χ4v) is 2.57. The summed E-state index contributed by atoms with van der Waals surface area (Å²) < 4.78 is 0. The molecule has 0 spiro atoms. The lowest BCUT2D eigenvalue weighted by atomic mass is 9.95. The Balaban J connectivity index is 2.02. The Morgan fingerprint density at radius 2 is 1.76 bits per heavy atom. The van der Waals surface area contributed by atoms with Crippen LogP contribution < -0.4 is 10.6 Å². The molecule has 3 aromatic rings. The van der Waals surface area contributed by atoms with Crippen molar-refractivity contribution in [3.05, 3.63) is 72.1 Å². The molecular weight excluding hydrogens is 258 g/mol. The number of benzene rings is 2. The lowest BCUT2D eigenvalue weighted by Crippen LogP contribution is -2.13. The molecule has 0 aliphatic rings. The minimum absolute atomic E-state index is 0.144. The van der Waals surface area contributed by atoms with Gasteiger partial charge in [0.15, 0.2) is 0 Å². The summed E-state index contributed by atoms with van der Waals surface area (Å²) in [6.07, 6.45) is 3.70. The number of hydrogen-bond acceptors (Lipinski definition) is 3. The molecule has 1 unspecified atom stereocenters. The Kier molecular flexibility index (Phi) is 3.59. The highest BCUT2D eigenvalue weighted by atomic mass is 15.1. The Hall–Kier alpha value is -2.39. The van der Waals surface area contributed by atoms with Gasteiger partial charge in [-0.3, -0.25) is 4.98 Å². The quantitative estimate of drug-likeness (QED) is 0.798. The van der Waals surface area contributed by atoms with E-state index in [-0.39, 0.29) is 6.04 Å². The molecule has 1 atom stereocenters. The number of hydrogen-bond donors (Lipinski definition) is 1. The molecule has 21 heavy (non-hydrogen) atoms. The molecule has 106 valence electrons. The molecule has 0 bridgehead atoms. The highest BCUT2D eigenvalue weighted by Crippen LogP contribution is 2.27. The molecule has 3 nitrogen and oxygen atoms in total. The number of fused-ring (bicyclic) bond motifs is 1. The van der Waals surface area contributed by atoms with Crippen LogP contribution in [-0.4, -0.2) is 19.1 Å². The first kappa shape index (κ1) is 13.6. The third-order valence-electron chi connectivity index (χ3n) is 3.82. The van der Waals surface area contributed by atoms with Crippen LogP contribution >= 0.6 is 0 Å². The van der Waals surface area contributed by atoms with Crippen molar-refractivity contribution in [3.63, 3.8) is 0 Å². The van der Waals surface area contributed by atoms with Crippen LogP contribution in [0.5, 0.6) is 0 Å². The first-order valence-electron chi connectivity index (χ1n) is 7.02. The van der Waals surface area contributed by atoms with Gasteiger partial charge in [-0.1, -0.05) is 30.3 Å². The summed E-state index contributed by atoms with van der Waals surface area (Å²) >= 11 is 0. The maximum Gasteiger partial charge on any atom is 0.0558 e. The van der Waals surface area contributed by atoms with Crippen molar-refractivity contribution in [1.82, 2.24) is 4.98 Å². The van der Waals surface area contributed by atoms with Crippen LogP contribution in [0.2, 0.25) is 0 Å². The van der Waals surface area contributed by atoms with Crippen molar-refractivity contribution in [2.45, 2.75) is 6.04 Å². The van der Waals surface area contributed by atoms with Crippen LogP contribution in [-0.2, 0) is 0 Å². The largest absolute Gasteiger partial charge is 0.378 e. The Labute approximate surface area is 125 Å². The summed E-state index contributed by atoms with van der Waals surface area (Å²) in [5.41, 5.74) is 9.86. The minimum Gasteiger partial charge on any atom is -0.378 e. The van der Waals surface area contributed by atoms with E-state index in [1.807, 2.05) is 38.6 Å². The zero-order valence-corrected chi connectivity index (χ0v) is 12.3. The van der Waals surface area contributed by atoms with E-state index in [0.717, 1.165) is 16.5 Å². The summed E-state index contributed by atoms with van der Waals surface area (Å²) in [5.74, 6) is 0. The molecule has 0 aliphatic heterocycles. The third-order valence-corrected chi connectivity index (χ3v) is 3.82. The summed E-state index contributed by atoms with van der Waals surface area (Å²) in [4.78, 5) is 6.31. The molecule has 0 saturated carbocycles. The standard InChI is InChI=1S/C18H19N3/c1-21(2)15-8-6-14(7-9-15)18(19)16-5-3-4-13-10-11-20-12-17(13)16/h3-12,18H,19H2,1-2H3. The molecule has 0 aliphatic carbocycles. The van der Waals surface area contributed by atoms with Crippen LogP contribution in [0.4, 0.5) is 5.69 Å². The van der Waals surface area contributed by atoms with Gasteiger partial charge in [0.1, 0.15) is 0 Å². The molecule has 2 N–H and O–H groups in total. The van der Waals surface area contributed by atoms with E-state index in [4.69, 9.17) is 5.73 Å². The fourth-order valence-electron chi connectivity index (χ4n) is 2.57. The number of nitrogens with zero attached hydrogens (tertiary/aromatic N) is 2. The van der Waals surface area contributed by atoms with Gasteiger partial charge in [0.2, 0.25) is 0 Å². The van der Waals surface area contributed by atoms with E-state index >= 15 is 0 Å². The summed E-state index contributed by atoms with van der Waals surface area (Å²) in [6, 6.07) is 16.5. The molecule has 0 amide bonds. The van der Waals surface area contributed by atoms with Gasteiger partial charge in [-0.25, -0.2) is 0 Å². The van der Waals surface area contributed by atoms with Gasteiger partial charge in [0, 0.05) is 37.6 Å². The average molecular weight is 277 g/mol. The number of nitrogens with two attached hydrogens (primary N) is 1. The van der Waals surface area contributed by atoms with Crippen molar-refractivity contribution in [3.8, 4) is 0 Å². The summed E-state index contributed by atoms with van der Waals surface area (Å²) in [6.45, 7) is 0. The first-order chi connectivity index (χ1) is 10.2. The lowest BCUT2D eigenvalue weighted by molar-refractivity contribution is 0.879. The maximum atomic E-state index is 6.47. The van der Waals surface area contributed by atoms with Gasteiger partial charge in [-0.15, -0.1) is 0 Å². The molecule has 2 aromatic carbocycles. The van der Waals surface area contributed by atoms with Crippen molar-refractivity contribution >= 4 is 16.5 Å². The van der Waals surface area contributed by atoms with Crippen LogP contribution in [0.15, 0.2) is 60.9 Å². The van der Waals surface area contributed by atoms with E-state index in [1.165, 1.54) is 11.1 Å². The van der Waals surface area contributed by atoms with Crippen LogP contribution in [0.1, 0.15) is 17.2 Å². The molecule has 0 fully saturated rings. The lowest BCUT2D eigenvalue weighted by Gasteiger charge is -2.17. The second kappa shape index (κ2) is 5.54. The normalized spacial score (nSPS) is 12.3. The van der Waals surface area contributed by atoms with Crippen molar-refractivity contribution in [2.24, 2.45) is 5.73 Å². The number of pyridine rings is 1. The first-order valence-corrected chi connectivity index (χ1v) is 7.02. The van der Waals surface area contributed by atoms with E-state index < -0.39 is 0 Å².